The third kappa shape index (κ3) is 4.69. The van der Waals surface area contributed by atoms with Gasteiger partial charge in [0, 0.05) is 10.9 Å². The molecule has 0 amide bonds. The van der Waals surface area contributed by atoms with Gasteiger partial charge < -0.3 is 0 Å². The molecule has 3 aromatic rings. The summed E-state index contributed by atoms with van der Waals surface area (Å²) in [6.45, 7) is 8.52. The lowest BCUT2D eigenvalue weighted by Gasteiger charge is -2.04. The van der Waals surface area contributed by atoms with Crippen molar-refractivity contribution in [1.82, 2.24) is 4.68 Å². The van der Waals surface area contributed by atoms with Gasteiger partial charge >= 0.3 is 0 Å². The summed E-state index contributed by atoms with van der Waals surface area (Å²) in [5.41, 5.74) is 5.86. The largest absolute Gasteiger partial charge is 0.253 e. The number of aromatic nitrogens is 1. The molecule has 0 fully saturated rings. The van der Waals surface area contributed by atoms with Crippen LogP contribution in [0, 0.1) is 18.3 Å². The first kappa shape index (κ1) is 18.6. The Morgan fingerprint density at radius 1 is 1.19 bits per heavy atom. The molecule has 1 heterocycles. The highest BCUT2D eigenvalue weighted by Gasteiger charge is 2.07. The average Bonchev–Trinajstić information content (AvgIpc) is 3.08. The van der Waals surface area contributed by atoms with Gasteiger partial charge in [0.1, 0.15) is 0 Å². The van der Waals surface area contributed by atoms with Crippen molar-refractivity contribution >= 4 is 17.6 Å². The molecule has 0 radical (unpaired) electrons. The molecule has 0 saturated heterocycles. The molecule has 0 aliphatic rings. The zero-order valence-electron chi connectivity index (χ0n) is 15.4. The van der Waals surface area contributed by atoms with Gasteiger partial charge in [0.2, 0.25) is 4.80 Å². The van der Waals surface area contributed by atoms with Crippen LogP contribution in [0.15, 0.2) is 76.2 Å². The molecule has 4 nitrogen and oxygen atoms in total. The summed E-state index contributed by atoms with van der Waals surface area (Å²) in [6, 6.07) is 17.8. The lowest BCUT2D eigenvalue weighted by molar-refractivity contribution is 0.836. The van der Waals surface area contributed by atoms with E-state index < -0.39 is 0 Å². The Labute approximate surface area is 163 Å². The van der Waals surface area contributed by atoms with Crippen molar-refractivity contribution in [2.24, 2.45) is 10.1 Å². The summed E-state index contributed by atoms with van der Waals surface area (Å²) in [4.78, 5) is 5.45. The fourth-order valence-corrected chi connectivity index (χ4v) is 3.25. The number of aryl methyl sites for hydroxylation is 1. The molecule has 2 aromatic carbocycles. The van der Waals surface area contributed by atoms with Crippen LogP contribution >= 0.6 is 11.3 Å². The van der Waals surface area contributed by atoms with Crippen LogP contribution in [-0.2, 0) is 0 Å². The normalized spacial score (nSPS) is 11.7. The Balaban J connectivity index is 2.04. The summed E-state index contributed by atoms with van der Waals surface area (Å²) >= 11 is 1.56. The van der Waals surface area contributed by atoms with Crippen molar-refractivity contribution in [2.75, 3.05) is 6.54 Å². The fraction of sp³-hybridized carbons (Fsp3) is 0.136. The maximum Gasteiger partial charge on any atom is 0.206 e. The second kappa shape index (κ2) is 8.43. The summed E-state index contributed by atoms with van der Waals surface area (Å²) in [7, 11) is 0. The summed E-state index contributed by atoms with van der Waals surface area (Å²) in [5, 5.41) is 15.7. The van der Waals surface area contributed by atoms with Crippen LogP contribution in [0.2, 0.25) is 0 Å². The molecule has 0 atom stereocenters. The van der Waals surface area contributed by atoms with Gasteiger partial charge in [0.15, 0.2) is 0 Å². The standard InChI is InChI=1S/C22H20N4S/c1-16(2)13-24-22-26(25-14-19-8-6-18(12-23)7-9-19)21(15-27-22)20-10-4-17(3)5-11-20/h4-11,14-15H,1,13H2,2-3H3. The van der Waals surface area contributed by atoms with Crippen molar-refractivity contribution in [1.29, 1.82) is 5.26 Å². The van der Waals surface area contributed by atoms with E-state index in [4.69, 9.17) is 5.26 Å². The van der Waals surface area contributed by atoms with Crippen LogP contribution in [-0.4, -0.2) is 17.4 Å². The summed E-state index contributed by atoms with van der Waals surface area (Å²) in [6.07, 6.45) is 1.78. The molecule has 3 rings (SSSR count). The highest BCUT2D eigenvalue weighted by atomic mass is 32.1. The molecule has 0 saturated carbocycles. The number of benzene rings is 2. The Bertz CT molecular complexity index is 1080. The number of hydrogen-bond donors (Lipinski definition) is 0. The Morgan fingerprint density at radius 3 is 2.52 bits per heavy atom. The molecule has 5 heteroatoms. The Hall–Kier alpha value is -3.23. The molecule has 0 aliphatic heterocycles. The zero-order chi connectivity index (χ0) is 19.2. The third-order valence-corrected chi connectivity index (χ3v) is 4.73. The minimum Gasteiger partial charge on any atom is -0.253 e. The Kier molecular flexibility index (Phi) is 5.80. The van der Waals surface area contributed by atoms with E-state index in [9.17, 15) is 0 Å². The number of thiazole rings is 1. The van der Waals surface area contributed by atoms with Gasteiger partial charge in [0.25, 0.3) is 0 Å². The maximum atomic E-state index is 8.92. The van der Waals surface area contributed by atoms with Crippen molar-refractivity contribution in [2.45, 2.75) is 13.8 Å². The number of nitrogens with zero attached hydrogens (tertiary/aromatic N) is 4. The first-order valence-electron chi connectivity index (χ1n) is 8.54. The van der Waals surface area contributed by atoms with Gasteiger partial charge in [-0.1, -0.05) is 54.1 Å². The smallest absolute Gasteiger partial charge is 0.206 e. The quantitative estimate of drug-likeness (QED) is 0.471. The van der Waals surface area contributed by atoms with Gasteiger partial charge in [-0.15, -0.1) is 11.3 Å². The van der Waals surface area contributed by atoms with Gasteiger partial charge in [-0.3, -0.25) is 4.99 Å². The number of hydrogen-bond acceptors (Lipinski definition) is 4. The molecular formula is C22H20N4S. The molecule has 0 aliphatic carbocycles. The zero-order valence-corrected chi connectivity index (χ0v) is 16.2. The van der Waals surface area contributed by atoms with Gasteiger partial charge in [0.05, 0.1) is 30.1 Å². The van der Waals surface area contributed by atoms with E-state index in [0.717, 1.165) is 27.2 Å². The van der Waals surface area contributed by atoms with Crippen LogP contribution < -0.4 is 4.80 Å². The van der Waals surface area contributed by atoms with Crippen LogP contribution in [0.1, 0.15) is 23.6 Å². The van der Waals surface area contributed by atoms with E-state index >= 15 is 0 Å². The van der Waals surface area contributed by atoms with Crippen LogP contribution in [0.4, 0.5) is 0 Å². The molecule has 1 aromatic heterocycles. The van der Waals surface area contributed by atoms with E-state index in [2.05, 4.69) is 59.3 Å². The maximum absolute atomic E-state index is 8.92. The monoisotopic (exact) mass is 372 g/mol. The summed E-state index contributed by atoms with van der Waals surface area (Å²) in [5.74, 6) is 0. The van der Waals surface area contributed by atoms with Crippen molar-refractivity contribution in [3.05, 3.63) is 87.6 Å². The molecule has 0 N–H and O–H groups in total. The van der Waals surface area contributed by atoms with E-state index in [0.29, 0.717) is 12.1 Å². The van der Waals surface area contributed by atoms with E-state index in [-0.39, 0.29) is 0 Å². The molecule has 0 unspecified atom stereocenters. The average molecular weight is 372 g/mol. The lowest BCUT2D eigenvalue weighted by Crippen LogP contribution is -2.13. The van der Waals surface area contributed by atoms with Crippen molar-refractivity contribution in [3.63, 3.8) is 0 Å². The second-order valence-electron chi connectivity index (χ2n) is 6.33. The second-order valence-corrected chi connectivity index (χ2v) is 7.17. The number of rotatable bonds is 5. The SMILES string of the molecule is C=C(C)CN=c1scc(-c2ccc(C)cc2)n1N=Cc1ccc(C#N)cc1. The Morgan fingerprint density at radius 2 is 1.89 bits per heavy atom. The van der Waals surface area contributed by atoms with E-state index in [1.807, 2.05) is 23.7 Å². The minimum atomic E-state index is 0.570. The van der Waals surface area contributed by atoms with Gasteiger partial charge in [-0.2, -0.15) is 10.4 Å². The highest BCUT2D eigenvalue weighted by Crippen LogP contribution is 2.20. The third-order valence-electron chi connectivity index (χ3n) is 3.88. The minimum absolute atomic E-state index is 0.570. The van der Waals surface area contributed by atoms with Crippen LogP contribution in [0.25, 0.3) is 11.3 Å². The molecular weight excluding hydrogens is 352 g/mol. The number of nitriles is 1. The summed E-state index contributed by atoms with van der Waals surface area (Å²) < 4.78 is 1.86. The molecule has 27 heavy (non-hydrogen) atoms. The van der Waals surface area contributed by atoms with Crippen LogP contribution in [0.5, 0.6) is 0 Å². The molecule has 0 spiro atoms. The molecule has 0 bridgehead atoms. The highest BCUT2D eigenvalue weighted by molar-refractivity contribution is 7.07. The van der Waals surface area contributed by atoms with E-state index in [1.165, 1.54) is 5.56 Å². The first-order chi connectivity index (χ1) is 13.1. The van der Waals surface area contributed by atoms with Crippen molar-refractivity contribution in [3.8, 4) is 17.3 Å². The van der Waals surface area contributed by atoms with Crippen molar-refractivity contribution < 1.29 is 0 Å². The van der Waals surface area contributed by atoms with E-state index in [1.54, 1.807) is 29.7 Å². The lowest BCUT2D eigenvalue weighted by atomic mass is 10.1. The predicted octanol–water partition coefficient (Wildman–Crippen LogP) is 4.76. The predicted molar refractivity (Wildman–Crippen MR) is 112 cm³/mol. The molecule has 134 valence electrons. The first-order valence-corrected chi connectivity index (χ1v) is 9.42. The van der Waals surface area contributed by atoms with Gasteiger partial charge in [-0.25, -0.2) is 4.68 Å². The van der Waals surface area contributed by atoms with Gasteiger partial charge in [-0.05, 0) is 31.5 Å². The fourth-order valence-electron chi connectivity index (χ4n) is 2.41. The topological polar surface area (TPSA) is 53.4 Å². The van der Waals surface area contributed by atoms with Crippen LogP contribution in [0.3, 0.4) is 0 Å².